The van der Waals surface area contributed by atoms with Crippen molar-refractivity contribution in [3.05, 3.63) is 47.2 Å². The summed E-state index contributed by atoms with van der Waals surface area (Å²) < 4.78 is 5.35. The van der Waals surface area contributed by atoms with E-state index in [0.717, 1.165) is 40.7 Å². The van der Waals surface area contributed by atoms with E-state index in [-0.39, 0.29) is 5.91 Å². The van der Waals surface area contributed by atoms with Crippen LogP contribution in [0.3, 0.4) is 0 Å². The van der Waals surface area contributed by atoms with E-state index in [2.05, 4.69) is 15.3 Å². The minimum atomic E-state index is 0.0522. The highest BCUT2D eigenvalue weighted by Crippen LogP contribution is 2.39. The van der Waals surface area contributed by atoms with E-state index in [4.69, 9.17) is 16.3 Å². The third-order valence-electron chi connectivity index (χ3n) is 6.10. The van der Waals surface area contributed by atoms with Crippen molar-refractivity contribution in [1.82, 2.24) is 14.9 Å². The molecule has 6 nitrogen and oxygen atoms in total. The highest BCUT2D eigenvalue weighted by atomic mass is 35.5. The number of morpholine rings is 1. The van der Waals surface area contributed by atoms with Gasteiger partial charge in [0.2, 0.25) is 0 Å². The average Bonchev–Trinajstić information content (AvgIpc) is 3.44. The first-order valence-corrected chi connectivity index (χ1v) is 11.0. The number of carbonyl (C=O) groups excluding carboxylic acids is 1. The number of rotatable bonds is 4. The Morgan fingerprint density at radius 3 is 2.63 bits per heavy atom. The summed E-state index contributed by atoms with van der Waals surface area (Å²) in [5, 5.41) is 5.32. The third-order valence-corrected chi connectivity index (χ3v) is 6.40. The van der Waals surface area contributed by atoms with E-state index in [0.29, 0.717) is 42.9 Å². The molecule has 1 aliphatic carbocycles. The number of nitrogens with one attached hydrogen (secondary N) is 2. The number of nitrogens with zero attached hydrogens (tertiary/aromatic N) is 2. The van der Waals surface area contributed by atoms with Crippen LogP contribution in [0.5, 0.6) is 0 Å². The number of anilines is 1. The van der Waals surface area contributed by atoms with Gasteiger partial charge in [-0.05, 0) is 30.5 Å². The van der Waals surface area contributed by atoms with Gasteiger partial charge in [0, 0.05) is 42.7 Å². The number of fused-ring (bicyclic) bond motifs is 1. The number of hydrogen-bond donors (Lipinski definition) is 2. The molecule has 3 aromatic rings. The summed E-state index contributed by atoms with van der Waals surface area (Å²) in [5.74, 6) is 0.0522. The lowest BCUT2D eigenvalue weighted by atomic mass is 10.0. The molecule has 1 amide bonds. The fourth-order valence-electron chi connectivity index (χ4n) is 4.44. The number of aromatic nitrogens is 2. The maximum absolute atomic E-state index is 12.8. The van der Waals surface area contributed by atoms with Crippen LogP contribution in [0.25, 0.3) is 22.2 Å². The molecule has 7 heteroatoms. The molecule has 2 N–H and O–H groups in total. The fraction of sp³-hybridized carbons (Fsp3) is 0.391. The van der Waals surface area contributed by atoms with Gasteiger partial charge in [0.05, 0.1) is 29.3 Å². The Kier molecular flexibility index (Phi) is 5.35. The number of aromatic amines is 1. The molecule has 156 valence electrons. The molecule has 0 radical (unpaired) electrons. The van der Waals surface area contributed by atoms with Crippen LogP contribution in [0.15, 0.2) is 36.7 Å². The molecule has 2 aromatic heterocycles. The number of carbonyl (C=O) groups is 1. The van der Waals surface area contributed by atoms with E-state index in [1.54, 1.807) is 6.20 Å². The summed E-state index contributed by atoms with van der Waals surface area (Å²) in [6.45, 7) is 2.48. The van der Waals surface area contributed by atoms with E-state index < -0.39 is 0 Å². The van der Waals surface area contributed by atoms with Crippen molar-refractivity contribution in [2.75, 3.05) is 31.6 Å². The first-order valence-electron chi connectivity index (χ1n) is 10.6. The summed E-state index contributed by atoms with van der Waals surface area (Å²) in [6, 6.07) is 8.24. The van der Waals surface area contributed by atoms with Crippen LogP contribution in [-0.4, -0.2) is 53.1 Å². The number of benzene rings is 1. The molecule has 30 heavy (non-hydrogen) atoms. The summed E-state index contributed by atoms with van der Waals surface area (Å²) in [7, 11) is 0. The van der Waals surface area contributed by atoms with Crippen LogP contribution in [0.2, 0.25) is 5.02 Å². The molecule has 5 rings (SSSR count). The summed E-state index contributed by atoms with van der Waals surface area (Å²) in [5.41, 5.74) is 4.51. The van der Waals surface area contributed by atoms with Gasteiger partial charge in [-0.1, -0.05) is 36.6 Å². The molecule has 1 aromatic carbocycles. The van der Waals surface area contributed by atoms with E-state index in [1.807, 2.05) is 35.4 Å². The zero-order valence-corrected chi connectivity index (χ0v) is 17.5. The molecule has 2 aliphatic rings. The van der Waals surface area contributed by atoms with Gasteiger partial charge in [-0.2, -0.15) is 0 Å². The molecule has 1 saturated carbocycles. The Labute approximate surface area is 180 Å². The van der Waals surface area contributed by atoms with Crippen molar-refractivity contribution in [2.45, 2.75) is 31.7 Å². The quantitative estimate of drug-likeness (QED) is 0.636. The Bertz CT molecular complexity index is 1050. The van der Waals surface area contributed by atoms with Crippen molar-refractivity contribution >= 4 is 34.2 Å². The number of pyridine rings is 1. The lowest BCUT2D eigenvalue weighted by molar-refractivity contribution is 0.0303. The van der Waals surface area contributed by atoms with Gasteiger partial charge in [0.25, 0.3) is 5.91 Å². The second-order valence-corrected chi connectivity index (χ2v) is 8.42. The van der Waals surface area contributed by atoms with Crippen LogP contribution in [0.4, 0.5) is 5.69 Å². The zero-order valence-electron chi connectivity index (χ0n) is 16.8. The predicted octanol–water partition coefficient (Wildman–Crippen LogP) is 4.71. The number of ether oxygens (including phenoxy) is 1. The Morgan fingerprint density at radius 2 is 1.90 bits per heavy atom. The van der Waals surface area contributed by atoms with Crippen LogP contribution in [-0.2, 0) is 4.74 Å². The molecular formula is C23H25ClN4O2. The Balaban J connectivity index is 1.49. The average molecular weight is 425 g/mol. The van der Waals surface area contributed by atoms with Gasteiger partial charge in [0.15, 0.2) is 0 Å². The summed E-state index contributed by atoms with van der Waals surface area (Å²) in [6.07, 6.45) is 8.50. The van der Waals surface area contributed by atoms with Gasteiger partial charge in [-0.15, -0.1) is 0 Å². The molecule has 3 heterocycles. The SMILES string of the molecule is O=C(c1ccc(-c2cnc3[nH]cc(Cl)c3c2NC2CCCC2)cc1)N1CCOCC1. The van der Waals surface area contributed by atoms with Gasteiger partial charge in [-0.25, -0.2) is 4.98 Å². The molecule has 0 unspecified atom stereocenters. The first kappa shape index (κ1) is 19.4. The maximum atomic E-state index is 12.8. The first-order chi connectivity index (χ1) is 14.7. The van der Waals surface area contributed by atoms with Gasteiger partial charge < -0.3 is 19.9 Å². The van der Waals surface area contributed by atoms with Crippen LogP contribution >= 0.6 is 11.6 Å². The van der Waals surface area contributed by atoms with Crippen LogP contribution in [0.1, 0.15) is 36.0 Å². The number of H-pyrrole nitrogens is 1. The van der Waals surface area contributed by atoms with Crippen molar-refractivity contribution < 1.29 is 9.53 Å². The Hall–Kier alpha value is -2.57. The van der Waals surface area contributed by atoms with Gasteiger partial charge >= 0.3 is 0 Å². The standard InChI is InChI=1S/C23H25ClN4O2/c24-19-14-26-22-20(19)21(27-17-3-1-2-4-17)18(13-25-22)15-5-7-16(8-6-15)23(29)28-9-11-30-12-10-28/h5-8,13-14,17H,1-4,9-12H2,(H2,25,26,27). The highest BCUT2D eigenvalue weighted by molar-refractivity contribution is 6.36. The van der Waals surface area contributed by atoms with E-state index in [9.17, 15) is 4.79 Å². The summed E-state index contributed by atoms with van der Waals surface area (Å²) in [4.78, 5) is 22.3. The number of hydrogen-bond acceptors (Lipinski definition) is 4. The van der Waals surface area contributed by atoms with Crippen LogP contribution in [0, 0.1) is 0 Å². The minimum Gasteiger partial charge on any atom is -0.381 e. The zero-order chi connectivity index (χ0) is 20.5. The molecule has 0 spiro atoms. The van der Waals surface area contributed by atoms with Gasteiger partial charge in [0.1, 0.15) is 5.65 Å². The highest BCUT2D eigenvalue weighted by Gasteiger charge is 2.22. The molecule has 1 aliphatic heterocycles. The fourth-order valence-corrected chi connectivity index (χ4v) is 4.68. The number of amides is 1. The van der Waals surface area contributed by atoms with Gasteiger partial charge in [-0.3, -0.25) is 4.79 Å². The largest absolute Gasteiger partial charge is 0.381 e. The van der Waals surface area contributed by atoms with Crippen molar-refractivity contribution in [3.8, 4) is 11.1 Å². The maximum Gasteiger partial charge on any atom is 0.254 e. The van der Waals surface area contributed by atoms with Crippen LogP contribution < -0.4 is 5.32 Å². The van der Waals surface area contributed by atoms with E-state index >= 15 is 0 Å². The Morgan fingerprint density at radius 1 is 1.17 bits per heavy atom. The second-order valence-electron chi connectivity index (χ2n) is 8.01. The van der Waals surface area contributed by atoms with Crippen molar-refractivity contribution in [3.63, 3.8) is 0 Å². The topological polar surface area (TPSA) is 70.2 Å². The third kappa shape index (κ3) is 3.66. The molecular weight excluding hydrogens is 400 g/mol. The monoisotopic (exact) mass is 424 g/mol. The van der Waals surface area contributed by atoms with Crippen molar-refractivity contribution in [2.24, 2.45) is 0 Å². The lowest BCUT2D eigenvalue weighted by Crippen LogP contribution is -2.40. The molecule has 2 fully saturated rings. The predicted molar refractivity (Wildman–Crippen MR) is 119 cm³/mol. The second kappa shape index (κ2) is 8.28. The normalized spacial score (nSPS) is 17.6. The number of halogens is 1. The smallest absolute Gasteiger partial charge is 0.254 e. The lowest BCUT2D eigenvalue weighted by Gasteiger charge is -2.27. The molecule has 1 saturated heterocycles. The minimum absolute atomic E-state index is 0.0522. The van der Waals surface area contributed by atoms with E-state index in [1.165, 1.54) is 12.8 Å². The molecule has 0 atom stereocenters. The summed E-state index contributed by atoms with van der Waals surface area (Å²) >= 11 is 6.50. The van der Waals surface area contributed by atoms with Crippen molar-refractivity contribution in [1.29, 1.82) is 0 Å². The molecule has 0 bridgehead atoms.